The van der Waals surface area contributed by atoms with Crippen molar-refractivity contribution in [1.82, 2.24) is 5.32 Å². The topological polar surface area (TPSA) is 98.5 Å². The number of carbonyl (C=O) groups is 2. The second-order valence-corrected chi connectivity index (χ2v) is 7.61. The quantitative estimate of drug-likeness (QED) is 0.481. The van der Waals surface area contributed by atoms with E-state index in [1.807, 2.05) is 6.92 Å². The van der Waals surface area contributed by atoms with Crippen molar-refractivity contribution in [3.63, 3.8) is 0 Å². The van der Waals surface area contributed by atoms with Crippen molar-refractivity contribution in [3.05, 3.63) is 39.9 Å². The van der Waals surface area contributed by atoms with Crippen molar-refractivity contribution in [3.8, 4) is 0 Å². The van der Waals surface area contributed by atoms with Gasteiger partial charge < -0.3 is 10.1 Å². The van der Waals surface area contributed by atoms with Gasteiger partial charge in [-0.05, 0) is 41.0 Å². The number of hydrogen-bond acceptors (Lipinski definition) is 5. The lowest BCUT2D eigenvalue weighted by Gasteiger charge is -2.28. The van der Waals surface area contributed by atoms with Crippen LogP contribution in [0.25, 0.3) is 0 Å². The first kappa shape index (κ1) is 20.6. The van der Waals surface area contributed by atoms with Crippen LogP contribution in [0.15, 0.2) is 24.3 Å². The Balaban J connectivity index is 3.24. The van der Waals surface area contributed by atoms with Crippen LogP contribution in [-0.4, -0.2) is 22.3 Å². The molecule has 0 saturated heterocycles. The Hall–Kier alpha value is -2.44. The van der Waals surface area contributed by atoms with Crippen molar-refractivity contribution >= 4 is 17.6 Å². The van der Waals surface area contributed by atoms with Gasteiger partial charge in [-0.3, -0.25) is 19.7 Å². The van der Waals surface area contributed by atoms with E-state index in [0.717, 1.165) is 0 Å². The number of nitro benzene ring substituents is 1. The third-order valence-corrected chi connectivity index (χ3v) is 3.78. The molecule has 0 aliphatic heterocycles. The van der Waals surface area contributed by atoms with Crippen LogP contribution < -0.4 is 5.32 Å². The number of nitro groups is 1. The molecule has 1 rings (SSSR count). The van der Waals surface area contributed by atoms with E-state index in [2.05, 4.69) is 5.32 Å². The lowest BCUT2D eigenvalue weighted by Crippen LogP contribution is -2.44. The Morgan fingerprint density at radius 2 is 1.84 bits per heavy atom. The van der Waals surface area contributed by atoms with Gasteiger partial charge in [-0.15, -0.1) is 0 Å². The third-order valence-electron chi connectivity index (χ3n) is 3.78. The third kappa shape index (κ3) is 5.85. The molecule has 0 spiro atoms. The van der Waals surface area contributed by atoms with Crippen molar-refractivity contribution in [2.75, 3.05) is 0 Å². The summed E-state index contributed by atoms with van der Waals surface area (Å²) in [6.07, 6.45) is -0.716. The molecule has 0 radical (unpaired) electrons. The highest BCUT2D eigenvalue weighted by atomic mass is 16.6. The maximum atomic E-state index is 12.6. The molecule has 0 aliphatic rings. The summed E-state index contributed by atoms with van der Waals surface area (Å²) in [5.41, 5.74) is -1.21. The summed E-state index contributed by atoms with van der Waals surface area (Å²) in [7, 11) is 0. The summed E-state index contributed by atoms with van der Waals surface area (Å²) in [6, 6.07) is 5.56. The molecule has 0 aliphatic carbocycles. The zero-order valence-electron chi connectivity index (χ0n) is 15.6. The number of rotatable bonds is 6. The number of non-ortho nitro benzene ring substituents is 1. The molecule has 1 atom stereocenters. The van der Waals surface area contributed by atoms with E-state index in [4.69, 9.17) is 4.74 Å². The molecule has 0 heterocycles. The van der Waals surface area contributed by atoms with Gasteiger partial charge in [0.15, 0.2) is 0 Å². The number of nitrogens with zero attached hydrogens (tertiary/aromatic N) is 1. The van der Waals surface area contributed by atoms with Crippen LogP contribution in [0.5, 0.6) is 0 Å². The molecule has 138 valence electrons. The summed E-state index contributed by atoms with van der Waals surface area (Å²) in [4.78, 5) is 35.5. The van der Waals surface area contributed by atoms with Gasteiger partial charge in [-0.2, -0.15) is 0 Å². The Morgan fingerprint density at radius 3 is 2.32 bits per heavy atom. The summed E-state index contributed by atoms with van der Waals surface area (Å²) in [6.45, 7) is 10.7. The van der Waals surface area contributed by atoms with Crippen LogP contribution in [0.1, 0.15) is 59.6 Å². The Kier molecular flexibility index (Phi) is 6.29. The minimum absolute atomic E-state index is 0.170. The molecule has 25 heavy (non-hydrogen) atoms. The van der Waals surface area contributed by atoms with Gasteiger partial charge in [-0.1, -0.05) is 19.1 Å². The Labute approximate surface area is 147 Å². The molecule has 1 aromatic rings. The van der Waals surface area contributed by atoms with E-state index in [-0.39, 0.29) is 11.3 Å². The molecule has 0 saturated carbocycles. The average Bonchev–Trinajstić information content (AvgIpc) is 2.50. The number of carbonyl (C=O) groups excluding carboxylic acids is 2. The predicted molar refractivity (Wildman–Crippen MR) is 93.9 cm³/mol. The van der Waals surface area contributed by atoms with Crippen molar-refractivity contribution in [2.24, 2.45) is 5.41 Å². The van der Waals surface area contributed by atoms with E-state index in [0.29, 0.717) is 6.42 Å². The van der Waals surface area contributed by atoms with Crippen LogP contribution in [-0.2, 0) is 14.3 Å². The fourth-order valence-corrected chi connectivity index (χ4v) is 1.92. The molecule has 1 N–H and O–H groups in total. The van der Waals surface area contributed by atoms with Crippen LogP contribution in [0, 0.1) is 15.5 Å². The average molecular weight is 350 g/mol. The highest BCUT2D eigenvalue weighted by Crippen LogP contribution is 2.28. The van der Waals surface area contributed by atoms with Crippen molar-refractivity contribution in [2.45, 2.75) is 59.6 Å². The largest absolute Gasteiger partial charge is 0.447 e. The summed E-state index contributed by atoms with van der Waals surface area (Å²) < 4.78 is 5.46. The molecule has 7 heteroatoms. The zero-order valence-corrected chi connectivity index (χ0v) is 15.6. The van der Waals surface area contributed by atoms with Crippen LogP contribution >= 0.6 is 0 Å². The van der Waals surface area contributed by atoms with Crippen LogP contribution in [0.3, 0.4) is 0 Å². The van der Waals surface area contributed by atoms with E-state index < -0.39 is 33.9 Å². The SMILES string of the molecule is CCC(C)(C)C(=O)OC(C(=O)NC(C)(C)C)c1cccc([N+](=O)[O-])c1. The smallest absolute Gasteiger partial charge is 0.312 e. The first-order chi connectivity index (χ1) is 11.4. The number of benzene rings is 1. The number of nitrogens with one attached hydrogen (secondary N) is 1. The fraction of sp³-hybridized carbons (Fsp3) is 0.556. The van der Waals surface area contributed by atoms with Gasteiger partial charge in [0.05, 0.1) is 10.3 Å². The number of amides is 1. The molecule has 1 amide bonds. The van der Waals surface area contributed by atoms with Gasteiger partial charge in [0.2, 0.25) is 6.10 Å². The molecule has 0 aromatic heterocycles. The second-order valence-electron chi connectivity index (χ2n) is 7.61. The van der Waals surface area contributed by atoms with Crippen molar-refractivity contribution < 1.29 is 19.2 Å². The highest BCUT2D eigenvalue weighted by molar-refractivity contribution is 5.86. The van der Waals surface area contributed by atoms with Gasteiger partial charge in [0.1, 0.15) is 0 Å². The lowest BCUT2D eigenvalue weighted by atomic mass is 9.90. The maximum absolute atomic E-state index is 12.6. The lowest BCUT2D eigenvalue weighted by molar-refractivity contribution is -0.385. The fourth-order valence-electron chi connectivity index (χ4n) is 1.92. The maximum Gasteiger partial charge on any atom is 0.312 e. The Morgan fingerprint density at radius 1 is 1.24 bits per heavy atom. The van der Waals surface area contributed by atoms with Gasteiger partial charge in [0.25, 0.3) is 11.6 Å². The molecule has 1 aromatic carbocycles. The summed E-state index contributed by atoms with van der Waals surface area (Å²) >= 11 is 0. The first-order valence-corrected chi connectivity index (χ1v) is 8.15. The second kappa shape index (κ2) is 7.63. The Bertz CT molecular complexity index is 662. The van der Waals surface area contributed by atoms with E-state index in [1.54, 1.807) is 34.6 Å². The number of ether oxygens (including phenoxy) is 1. The van der Waals surface area contributed by atoms with E-state index in [1.165, 1.54) is 24.3 Å². The van der Waals surface area contributed by atoms with Gasteiger partial charge >= 0.3 is 5.97 Å². The van der Waals surface area contributed by atoms with Crippen molar-refractivity contribution in [1.29, 1.82) is 0 Å². The van der Waals surface area contributed by atoms with E-state index in [9.17, 15) is 19.7 Å². The molecule has 1 unspecified atom stereocenters. The predicted octanol–water partition coefficient (Wildman–Crippen LogP) is 3.53. The monoisotopic (exact) mass is 350 g/mol. The van der Waals surface area contributed by atoms with Gasteiger partial charge in [-0.25, -0.2) is 0 Å². The number of hydrogen-bond donors (Lipinski definition) is 1. The first-order valence-electron chi connectivity index (χ1n) is 8.15. The minimum atomic E-state index is -1.25. The molecular weight excluding hydrogens is 324 g/mol. The molecule has 0 fully saturated rings. The molecule has 7 nitrogen and oxygen atoms in total. The minimum Gasteiger partial charge on any atom is -0.447 e. The van der Waals surface area contributed by atoms with E-state index >= 15 is 0 Å². The van der Waals surface area contributed by atoms with Gasteiger partial charge in [0, 0.05) is 23.2 Å². The summed E-state index contributed by atoms with van der Waals surface area (Å²) in [5.74, 6) is -1.05. The van der Waals surface area contributed by atoms with Crippen LogP contribution in [0.4, 0.5) is 5.69 Å². The summed E-state index contributed by atoms with van der Waals surface area (Å²) in [5, 5.41) is 13.8. The van der Waals surface area contributed by atoms with Crippen LogP contribution in [0.2, 0.25) is 0 Å². The molecule has 0 bridgehead atoms. The standard InChI is InChI=1S/C18H26N2O5/c1-7-18(5,6)16(22)25-14(15(21)19-17(2,3)4)12-9-8-10-13(11-12)20(23)24/h8-11,14H,7H2,1-6H3,(H,19,21). The normalized spacial score (nSPS) is 13.0. The number of esters is 1. The highest BCUT2D eigenvalue weighted by Gasteiger charge is 2.34. The zero-order chi connectivity index (χ0) is 19.4. The molecular formula is C18H26N2O5.